The number of halogens is 1. The van der Waals surface area contributed by atoms with Crippen molar-refractivity contribution >= 4 is 15.9 Å². The topological polar surface area (TPSA) is 29.5 Å². The summed E-state index contributed by atoms with van der Waals surface area (Å²) in [4.78, 5) is 0. The molecule has 20 heavy (non-hydrogen) atoms. The number of aliphatic hydroxyl groups is 1. The predicted octanol–water partition coefficient (Wildman–Crippen LogP) is 4.62. The predicted molar refractivity (Wildman–Crippen MR) is 83.0 cm³/mol. The van der Waals surface area contributed by atoms with Crippen molar-refractivity contribution in [2.24, 2.45) is 0 Å². The molecule has 0 radical (unpaired) electrons. The molecule has 0 amide bonds. The normalized spacial score (nSPS) is 21.2. The summed E-state index contributed by atoms with van der Waals surface area (Å²) in [5.74, 6) is 0.767. The second-order valence-corrected chi connectivity index (χ2v) is 6.32. The Kier molecular flexibility index (Phi) is 3.57. The number of rotatable bonds is 1. The molecule has 0 aromatic heterocycles. The van der Waals surface area contributed by atoms with Crippen molar-refractivity contribution in [1.82, 2.24) is 0 Å². The molecule has 0 saturated heterocycles. The van der Waals surface area contributed by atoms with Gasteiger partial charge in [-0.15, -0.1) is 0 Å². The molecule has 2 nitrogen and oxygen atoms in total. The number of hydrogen-bond donors (Lipinski definition) is 1. The first-order valence-electron chi connectivity index (χ1n) is 6.76. The van der Waals surface area contributed by atoms with Gasteiger partial charge in [0.2, 0.25) is 0 Å². The van der Waals surface area contributed by atoms with Gasteiger partial charge in [-0.2, -0.15) is 0 Å². The maximum atomic E-state index is 10.3. The molecule has 3 heteroatoms. The Labute approximate surface area is 127 Å². The van der Waals surface area contributed by atoms with E-state index in [4.69, 9.17) is 4.74 Å². The number of fused-ring (bicyclic) bond motifs is 1. The third-order valence-electron chi connectivity index (χ3n) is 3.81. The maximum absolute atomic E-state index is 10.3. The van der Waals surface area contributed by atoms with Gasteiger partial charge in [0.05, 0.1) is 6.10 Å². The minimum absolute atomic E-state index is 0.0904. The zero-order valence-corrected chi connectivity index (χ0v) is 13.1. The molecule has 104 valence electrons. The summed E-state index contributed by atoms with van der Waals surface area (Å²) in [6.45, 7) is 4.17. The van der Waals surface area contributed by atoms with E-state index in [1.807, 2.05) is 18.2 Å². The van der Waals surface area contributed by atoms with Crippen LogP contribution in [-0.2, 0) is 0 Å². The number of aryl methyl sites for hydroxylation is 2. The molecule has 0 fully saturated rings. The number of ether oxygens (including phenoxy) is 1. The average Bonchev–Trinajstić information content (AvgIpc) is 2.37. The molecule has 3 rings (SSSR count). The van der Waals surface area contributed by atoms with Gasteiger partial charge in [-0.1, -0.05) is 45.8 Å². The van der Waals surface area contributed by atoms with E-state index in [1.165, 1.54) is 11.1 Å². The number of hydrogen-bond acceptors (Lipinski definition) is 2. The van der Waals surface area contributed by atoms with E-state index < -0.39 is 6.10 Å². The van der Waals surface area contributed by atoms with Crippen LogP contribution in [-0.4, -0.2) is 5.11 Å². The smallest absolute Gasteiger partial charge is 0.127 e. The monoisotopic (exact) mass is 332 g/mol. The minimum Gasteiger partial charge on any atom is -0.485 e. The third-order valence-corrected chi connectivity index (χ3v) is 4.31. The van der Waals surface area contributed by atoms with E-state index in [9.17, 15) is 5.11 Å². The fourth-order valence-electron chi connectivity index (χ4n) is 2.79. The highest BCUT2D eigenvalue weighted by Gasteiger charge is 2.28. The molecule has 2 aromatic carbocycles. The Bertz CT molecular complexity index is 651. The lowest BCUT2D eigenvalue weighted by Crippen LogP contribution is -2.19. The molecule has 2 unspecified atom stereocenters. The van der Waals surface area contributed by atoms with E-state index in [0.29, 0.717) is 6.42 Å². The molecule has 0 bridgehead atoms. The lowest BCUT2D eigenvalue weighted by atomic mass is 9.92. The van der Waals surface area contributed by atoms with Crippen LogP contribution in [0.4, 0.5) is 0 Å². The van der Waals surface area contributed by atoms with Crippen molar-refractivity contribution in [2.75, 3.05) is 0 Å². The highest BCUT2D eigenvalue weighted by molar-refractivity contribution is 9.10. The highest BCUT2D eigenvalue weighted by atomic mass is 79.9. The average molecular weight is 333 g/mol. The Morgan fingerprint density at radius 2 is 1.85 bits per heavy atom. The summed E-state index contributed by atoms with van der Waals surface area (Å²) in [5.41, 5.74) is 4.47. The van der Waals surface area contributed by atoms with Crippen molar-refractivity contribution in [2.45, 2.75) is 32.5 Å². The maximum Gasteiger partial charge on any atom is 0.127 e. The summed E-state index contributed by atoms with van der Waals surface area (Å²) < 4.78 is 7.06. The highest BCUT2D eigenvalue weighted by Crippen LogP contribution is 2.42. The first-order chi connectivity index (χ1) is 9.54. The molecule has 0 saturated carbocycles. The van der Waals surface area contributed by atoms with Gasteiger partial charge in [0.15, 0.2) is 0 Å². The van der Waals surface area contributed by atoms with Crippen molar-refractivity contribution in [3.63, 3.8) is 0 Å². The molecular formula is C17H17BrO2. The van der Waals surface area contributed by atoms with Gasteiger partial charge in [-0.3, -0.25) is 0 Å². The summed E-state index contributed by atoms with van der Waals surface area (Å²) in [5, 5.41) is 10.3. The lowest BCUT2D eigenvalue weighted by molar-refractivity contribution is 0.0654. The second kappa shape index (κ2) is 5.23. The van der Waals surface area contributed by atoms with Gasteiger partial charge in [-0.05, 0) is 37.1 Å². The van der Waals surface area contributed by atoms with E-state index >= 15 is 0 Å². The van der Waals surface area contributed by atoms with Crippen LogP contribution in [0.5, 0.6) is 5.75 Å². The zero-order chi connectivity index (χ0) is 14.3. The van der Waals surface area contributed by atoms with E-state index in [0.717, 1.165) is 21.3 Å². The molecule has 0 aliphatic carbocycles. The lowest BCUT2D eigenvalue weighted by Gasteiger charge is -2.31. The van der Waals surface area contributed by atoms with Crippen LogP contribution >= 0.6 is 15.9 Å². The third kappa shape index (κ3) is 2.48. The Balaban J connectivity index is 1.98. The van der Waals surface area contributed by atoms with Crippen molar-refractivity contribution < 1.29 is 9.84 Å². The van der Waals surface area contributed by atoms with Gasteiger partial charge < -0.3 is 9.84 Å². The standard InChI is InChI=1S/C17H17BrO2/c1-10-3-5-13(11(2)7-10)17-9-15(19)14-6-4-12(18)8-16(14)20-17/h3-8,15,17,19H,9H2,1-2H3. The minimum atomic E-state index is -0.474. The van der Waals surface area contributed by atoms with Crippen LogP contribution in [0.1, 0.15) is 40.9 Å². The molecule has 2 aromatic rings. The number of benzene rings is 2. The largest absolute Gasteiger partial charge is 0.485 e. The van der Waals surface area contributed by atoms with Gasteiger partial charge >= 0.3 is 0 Å². The summed E-state index contributed by atoms with van der Waals surface area (Å²) >= 11 is 3.45. The van der Waals surface area contributed by atoms with Crippen LogP contribution in [0, 0.1) is 13.8 Å². The van der Waals surface area contributed by atoms with Gasteiger partial charge in [0, 0.05) is 16.5 Å². The second-order valence-electron chi connectivity index (χ2n) is 5.40. The zero-order valence-electron chi connectivity index (χ0n) is 11.6. The first kappa shape index (κ1) is 13.7. The van der Waals surface area contributed by atoms with Crippen LogP contribution in [0.25, 0.3) is 0 Å². The van der Waals surface area contributed by atoms with E-state index in [-0.39, 0.29) is 6.10 Å². The molecule has 2 atom stereocenters. The van der Waals surface area contributed by atoms with E-state index in [1.54, 1.807) is 0 Å². The molecule has 0 spiro atoms. The molecule has 1 heterocycles. The van der Waals surface area contributed by atoms with Crippen LogP contribution in [0.15, 0.2) is 40.9 Å². The summed E-state index contributed by atoms with van der Waals surface area (Å²) in [7, 11) is 0. The molecule has 1 aliphatic rings. The fourth-order valence-corrected chi connectivity index (χ4v) is 3.13. The Morgan fingerprint density at radius 1 is 1.10 bits per heavy atom. The van der Waals surface area contributed by atoms with E-state index in [2.05, 4.69) is 48.0 Å². The first-order valence-corrected chi connectivity index (χ1v) is 7.55. The van der Waals surface area contributed by atoms with Crippen molar-refractivity contribution in [3.05, 3.63) is 63.1 Å². The summed E-state index contributed by atoms with van der Waals surface area (Å²) in [6, 6.07) is 12.1. The van der Waals surface area contributed by atoms with Crippen LogP contribution in [0.3, 0.4) is 0 Å². The quantitative estimate of drug-likeness (QED) is 0.825. The van der Waals surface area contributed by atoms with Gasteiger partial charge in [0.1, 0.15) is 11.9 Å². The van der Waals surface area contributed by atoms with Crippen molar-refractivity contribution in [1.29, 1.82) is 0 Å². The van der Waals surface area contributed by atoms with Crippen LogP contribution in [0.2, 0.25) is 0 Å². The van der Waals surface area contributed by atoms with Crippen molar-refractivity contribution in [3.8, 4) is 5.75 Å². The fraction of sp³-hybridized carbons (Fsp3) is 0.294. The SMILES string of the molecule is Cc1ccc(C2CC(O)c3ccc(Br)cc3O2)c(C)c1. The molecule has 1 N–H and O–H groups in total. The number of aliphatic hydroxyl groups excluding tert-OH is 1. The van der Waals surface area contributed by atoms with Gasteiger partial charge in [0.25, 0.3) is 0 Å². The molecule has 1 aliphatic heterocycles. The Morgan fingerprint density at radius 3 is 2.60 bits per heavy atom. The summed E-state index contributed by atoms with van der Waals surface area (Å²) in [6.07, 6.45) is 0.0309. The van der Waals surface area contributed by atoms with Crippen LogP contribution < -0.4 is 4.74 Å². The van der Waals surface area contributed by atoms with Gasteiger partial charge in [-0.25, -0.2) is 0 Å². The Hall–Kier alpha value is -1.32. The molecular weight excluding hydrogens is 316 g/mol.